The van der Waals surface area contributed by atoms with Gasteiger partial charge in [0.2, 0.25) is 0 Å². The van der Waals surface area contributed by atoms with Crippen LogP contribution in [0.2, 0.25) is 0 Å². The second-order valence-electron chi connectivity index (χ2n) is 9.46. The van der Waals surface area contributed by atoms with Gasteiger partial charge in [-0.3, -0.25) is 0 Å². The molecule has 1 heterocycles. The van der Waals surface area contributed by atoms with E-state index in [0.29, 0.717) is 0 Å². The molecule has 0 aliphatic carbocycles. The molecular weight excluding hydrogens is 460 g/mol. The van der Waals surface area contributed by atoms with E-state index in [9.17, 15) is 0 Å². The summed E-state index contributed by atoms with van der Waals surface area (Å²) < 4.78 is 0. The Bertz CT molecular complexity index is 1890. The van der Waals surface area contributed by atoms with Gasteiger partial charge in [0.05, 0.1) is 11.4 Å². The summed E-state index contributed by atoms with van der Waals surface area (Å²) in [5.41, 5.74) is 7.40. The van der Waals surface area contributed by atoms with Gasteiger partial charge < -0.3 is 0 Å². The van der Waals surface area contributed by atoms with Crippen molar-refractivity contribution in [3.63, 3.8) is 0 Å². The Morgan fingerprint density at radius 3 is 1.61 bits per heavy atom. The highest BCUT2D eigenvalue weighted by Crippen LogP contribution is 2.36. The molecule has 0 aliphatic rings. The van der Waals surface area contributed by atoms with Crippen LogP contribution >= 0.6 is 0 Å². The van der Waals surface area contributed by atoms with Crippen molar-refractivity contribution >= 4 is 21.5 Å². The summed E-state index contributed by atoms with van der Waals surface area (Å²) in [6.45, 7) is 0. The van der Waals surface area contributed by atoms with E-state index in [1.54, 1.807) is 0 Å². The zero-order valence-corrected chi connectivity index (χ0v) is 20.8. The Morgan fingerprint density at radius 1 is 0.342 bits per heavy atom. The van der Waals surface area contributed by atoms with Crippen LogP contribution in [0.25, 0.3) is 66.6 Å². The molecular formula is C36H24N2. The molecule has 6 aromatic carbocycles. The highest BCUT2D eigenvalue weighted by Gasteiger charge is 2.14. The number of rotatable bonds is 4. The van der Waals surface area contributed by atoms with Gasteiger partial charge in [-0.25, -0.2) is 9.97 Å². The molecule has 0 fully saturated rings. The first-order chi connectivity index (χ1) is 18.8. The molecule has 178 valence electrons. The maximum Gasteiger partial charge on any atom is 0.160 e. The van der Waals surface area contributed by atoms with Gasteiger partial charge in [-0.2, -0.15) is 0 Å². The number of aromatic nitrogens is 2. The zero-order valence-electron chi connectivity index (χ0n) is 20.8. The average molecular weight is 485 g/mol. The molecule has 0 aliphatic heterocycles. The first kappa shape index (κ1) is 22.1. The molecule has 0 radical (unpaired) electrons. The molecule has 7 rings (SSSR count). The van der Waals surface area contributed by atoms with Crippen LogP contribution < -0.4 is 0 Å². The smallest absolute Gasteiger partial charge is 0.160 e. The van der Waals surface area contributed by atoms with Crippen LogP contribution in [0.15, 0.2) is 146 Å². The molecule has 0 saturated heterocycles. The van der Waals surface area contributed by atoms with Crippen molar-refractivity contribution in [2.24, 2.45) is 0 Å². The topological polar surface area (TPSA) is 25.8 Å². The van der Waals surface area contributed by atoms with Gasteiger partial charge in [0.15, 0.2) is 5.82 Å². The van der Waals surface area contributed by atoms with Gasteiger partial charge in [-0.1, -0.05) is 133 Å². The van der Waals surface area contributed by atoms with Crippen LogP contribution in [0.5, 0.6) is 0 Å². The quantitative estimate of drug-likeness (QED) is 0.233. The van der Waals surface area contributed by atoms with Gasteiger partial charge in [0.25, 0.3) is 0 Å². The fourth-order valence-corrected chi connectivity index (χ4v) is 5.18. The summed E-state index contributed by atoms with van der Waals surface area (Å²) in [7, 11) is 0. The Labute approximate surface area is 221 Å². The van der Waals surface area contributed by atoms with E-state index < -0.39 is 0 Å². The Hall–Kier alpha value is -5.08. The minimum absolute atomic E-state index is 0.725. The fraction of sp³-hybridized carbons (Fsp3) is 0. The van der Waals surface area contributed by atoms with Crippen molar-refractivity contribution in [2.75, 3.05) is 0 Å². The standard InChI is InChI=1S/C36H24N2/c1-3-11-25(12-4-1)26-19-21-27(22-20-26)34-24-35(38-36(37-34)28-13-5-2-6-14-28)33-23-29-15-7-8-16-30(29)31-17-9-10-18-32(31)33/h1-24H. The van der Waals surface area contributed by atoms with Gasteiger partial charge in [-0.05, 0) is 44.8 Å². The van der Waals surface area contributed by atoms with Crippen molar-refractivity contribution in [3.8, 4) is 45.0 Å². The molecule has 0 saturated carbocycles. The average Bonchev–Trinajstić information content (AvgIpc) is 3.01. The van der Waals surface area contributed by atoms with E-state index in [1.807, 2.05) is 24.3 Å². The van der Waals surface area contributed by atoms with Gasteiger partial charge in [0.1, 0.15) is 0 Å². The Morgan fingerprint density at radius 2 is 0.868 bits per heavy atom. The largest absolute Gasteiger partial charge is 0.228 e. The van der Waals surface area contributed by atoms with Crippen LogP contribution in [-0.2, 0) is 0 Å². The first-order valence-electron chi connectivity index (χ1n) is 12.8. The van der Waals surface area contributed by atoms with Crippen molar-refractivity contribution in [1.82, 2.24) is 9.97 Å². The lowest BCUT2D eigenvalue weighted by molar-refractivity contribution is 1.19. The predicted octanol–water partition coefficient (Wildman–Crippen LogP) is 9.45. The fourth-order valence-electron chi connectivity index (χ4n) is 5.18. The van der Waals surface area contributed by atoms with Crippen LogP contribution in [0, 0.1) is 0 Å². The molecule has 0 spiro atoms. The second kappa shape index (κ2) is 9.42. The third kappa shape index (κ3) is 4.03. The highest BCUT2D eigenvalue weighted by molar-refractivity contribution is 6.13. The molecule has 38 heavy (non-hydrogen) atoms. The summed E-state index contributed by atoms with van der Waals surface area (Å²) in [5.74, 6) is 0.725. The molecule has 7 aromatic rings. The molecule has 2 heteroatoms. The zero-order chi connectivity index (χ0) is 25.3. The lowest BCUT2D eigenvalue weighted by atomic mass is 9.95. The predicted molar refractivity (Wildman–Crippen MR) is 159 cm³/mol. The summed E-state index contributed by atoms with van der Waals surface area (Å²) >= 11 is 0. The van der Waals surface area contributed by atoms with E-state index in [0.717, 1.165) is 33.9 Å². The maximum absolute atomic E-state index is 5.11. The maximum atomic E-state index is 5.11. The minimum Gasteiger partial charge on any atom is -0.228 e. The van der Waals surface area contributed by atoms with Gasteiger partial charge >= 0.3 is 0 Å². The number of nitrogens with zero attached hydrogens (tertiary/aromatic N) is 2. The number of benzene rings is 6. The molecule has 0 unspecified atom stereocenters. The highest BCUT2D eigenvalue weighted by atomic mass is 14.9. The molecule has 0 atom stereocenters. The summed E-state index contributed by atoms with van der Waals surface area (Å²) in [6.07, 6.45) is 0. The monoisotopic (exact) mass is 484 g/mol. The first-order valence-corrected chi connectivity index (χ1v) is 12.8. The molecule has 0 N–H and O–H groups in total. The van der Waals surface area contributed by atoms with E-state index >= 15 is 0 Å². The molecule has 0 amide bonds. The summed E-state index contributed by atoms with van der Waals surface area (Å²) in [6, 6.07) is 50.9. The molecule has 2 nitrogen and oxygen atoms in total. The van der Waals surface area contributed by atoms with Crippen molar-refractivity contribution in [1.29, 1.82) is 0 Å². The third-order valence-corrected chi connectivity index (χ3v) is 7.09. The van der Waals surface area contributed by atoms with E-state index in [1.165, 1.54) is 32.7 Å². The minimum atomic E-state index is 0.725. The summed E-state index contributed by atoms with van der Waals surface area (Å²) in [5, 5.41) is 4.87. The van der Waals surface area contributed by atoms with Crippen LogP contribution in [0.3, 0.4) is 0 Å². The normalized spacial score (nSPS) is 11.2. The molecule has 1 aromatic heterocycles. The third-order valence-electron chi connectivity index (χ3n) is 7.09. The van der Waals surface area contributed by atoms with Gasteiger partial charge in [-0.15, -0.1) is 0 Å². The number of hydrogen-bond donors (Lipinski definition) is 0. The van der Waals surface area contributed by atoms with Crippen LogP contribution in [0.1, 0.15) is 0 Å². The summed E-state index contributed by atoms with van der Waals surface area (Å²) in [4.78, 5) is 10.1. The van der Waals surface area contributed by atoms with E-state index in [2.05, 4.69) is 121 Å². The van der Waals surface area contributed by atoms with Crippen molar-refractivity contribution in [3.05, 3.63) is 146 Å². The van der Waals surface area contributed by atoms with Gasteiger partial charge in [0, 0.05) is 16.7 Å². The van der Waals surface area contributed by atoms with Crippen LogP contribution in [0.4, 0.5) is 0 Å². The second-order valence-corrected chi connectivity index (χ2v) is 9.46. The lowest BCUT2D eigenvalue weighted by Gasteiger charge is -2.13. The SMILES string of the molecule is c1ccc(-c2ccc(-c3cc(-c4cc5ccccc5c5ccccc45)nc(-c4ccccc4)n3)cc2)cc1. The van der Waals surface area contributed by atoms with E-state index in [4.69, 9.17) is 9.97 Å². The van der Waals surface area contributed by atoms with Crippen LogP contribution in [-0.4, -0.2) is 9.97 Å². The Kier molecular flexibility index (Phi) is 5.49. The van der Waals surface area contributed by atoms with Crippen molar-refractivity contribution < 1.29 is 0 Å². The molecule has 0 bridgehead atoms. The Balaban J connectivity index is 1.44. The number of hydrogen-bond acceptors (Lipinski definition) is 2. The van der Waals surface area contributed by atoms with E-state index in [-0.39, 0.29) is 0 Å². The lowest BCUT2D eigenvalue weighted by Crippen LogP contribution is -1.96. The van der Waals surface area contributed by atoms with Crippen molar-refractivity contribution in [2.45, 2.75) is 0 Å². The number of fused-ring (bicyclic) bond motifs is 3.